The molecule has 4 rings (SSSR count). The zero-order valence-corrected chi connectivity index (χ0v) is 14.1. The first-order chi connectivity index (χ1) is 11.8. The molecule has 4 nitrogen and oxygen atoms in total. The molecule has 0 aliphatic carbocycles. The highest BCUT2D eigenvalue weighted by Crippen LogP contribution is 2.31. The van der Waals surface area contributed by atoms with Crippen LogP contribution in [-0.2, 0) is 0 Å². The Bertz CT molecular complexity index is 945. The molecule has 0 atom stereocenters. The summed E-state index contributed by atoms with van der Waals surface area (Å²) in [6.45, 7) is 0. The predicted octanol–water partition coefficient (Wildman–Crippen LogP) is 5.60. The van der Waals surface area contributed by atoms with Crippen LogP contribution in [0.4, 0.5) is 11.6 Å². The van der Waals surface area contributed by atoms with Gasteiger partial charge in [-0.15, -0.1) is 11.3 Å². The van der Waals surface area contributed by atoms with E-state index in [2.05, 4.69) is 32.8 Å². The van der Waals surface area contributed by atoms with Crippen molar-refractivity contribution in [2.45, 2.75) is 0 Å². The normalized spacial score (nSPS) is 10.7. The molecule has 0 amide bonds. The second-order valence-corrected chi connectivity index (χ2v) is 6.48. The van der Waals surface area contributed by atoms with Crippen LogP contribution in [0.5, 0.6) is 0 Å². The second-order valence-electron chi connectivity index (χ2n) is 5.19. The molecule has 6 heteroatoms. The van der Waals surface area contributed by atoms with Crippen molar-refractivity contribution >= 4 is 34.6 Å². The lowest BCUT2D eigenvalue weighted by Crippen LogP contribution is -1.92. The molecule has 0 saturated carbocycles. The van der Waals surface area contributed by atoms with Crippen LogP contribution in [0.15, 0.2) is 66.3 Å². The summed E-state index contributed by atoms with van der Waals surface area (Å²) in [6.07, 6.45) is 3.50. The number of imidazole rings is 1. The fourth-order valence-corrected chi connectivity index (χ4v) is 3.31. The van der Waals surface area contributed by atoms with Crippen molar-refractivity contribution in [3.8, 4) is 21.8 Å². The zero-order chi connectivity index (χ0) is 16.4. The van der Waals surface area contributed by atoms with E-state index in [0.717, 1.165) is 32.5 Å². The van der Waals surface area contributed by atoms with Crippen molar-refractivity contribution in [1.29, 1.82) is 0 Å². The third-order valence-electron chi connectivity index (χ3n) is 3.51. The summed E-state index contributed by atoms with van der Waals surface area (Å²) in [4.78, 5) is 11.9. The Hall–Kier alpha value is -2.63. The number of nitrogens with zero attached hydrogens (tertiary/aromatic N) is 2. The fourth-order valence-electron chi connectivity index (χ4n) is 2.36. The Morgan fingerprint density at radius 3 is 2.71 bits per heavy atom. The Morgan fingerprint density at radius 2 is 1.92 bits per heavy atom. The Kier molecular flexibility index (Phi) is 4.02. The summed E-state index contributed by atoms with van der Waals surface area (Å²) < 4.78 is 0. The van der Waals surface area contributed by atoms with Gasteiger partial charge in [0.2, 0.25) is 5.95 Å². The molecule has 0 spiro atoms. The van der Waals surface area contributed by atoms with E-state index in [0.29, 0.717) is 5.95 Å². The largest absolute Gasteiger partial charge is 0.331 e. The SMILES string of the molecule is Clc1ccc(-c2csc(-c3cccc(Nc4ncc[nH]4)c3)n2)cc1. The van der Waals surface area contributed by atoms with E-state index in [4.69, 9.17) is 16.6 Å². The van der Waals surface area contributed by atoms with Crippen LogP contribution in [0, 0.1) is 0 Å². The Balaban J connectivity index is 1.61. The summed E-state index contributed by atoms with van der Waals surface area (Å²) in [5.41, 5.74) is 4.05. The zero-order valence-electron chi connectivity index (χ0n) is 12.5. The van der Waals surface area contributed by atoms with Gasteiger partial charge in [-0.2, -0.15) is 0 Å². The van der Waals surface area contributed by atoms with Gasteiger partial charge in [0.25, 0.3) is 0 Å². The summed E-state index contributed by atoms with van der Waals surface area (Å²) in [6, 6.07) is 15.8. The van der Waals surface area contributed by atoms with Crippen molar-refractivity contribution < 1.29 is 0 Å². The fraction of sp³-hybridized carbons (Fsp3) is 0. The summed E-state index contributed by atoms with van der Waals surface area (Å²) in [5.74, 6) is 0.716. The Labute approximate surface area is 148 Å². The third-order valence-corrected chi connectivity index (χ3v) is 4.66. The molecule has 0 radical (unpaired) electrons. The van der Waals surface area contributed by atoms with Crippen LogP contribution < -0.4 is 5.32 Å². The summed E-state index contributed by atoms with van der Waals surface area (Å²) in [7, 11) is 0. The molecule has 0 unspecified atom stereocenters. The average Bonchev–Trinajstić information content (AvgIpc) is 3.28. The number of nitrogens with one attached hydrogen (secondary N) is 2. The van der Waals surface area contributed by atoms with Crippen LogP contribution in [-0.4, -0.2) is 15.0 Å². The maximum absolute atomic E-state index is 5.94. The first-order valence-electron chi connectivity index (χ1n) is 7.36. The highest BCUT2D eigenvalue weighted by atomic mass is 35.5. The van der Waals surface area contributed by atoms with Gasteiger partial charge in [0.05, 0.1) is 5.69 Å². The number of H-pyrrole nitrogens is 1. The number of rotatable bonds is 4. The maximum atomic E-state index is 5.94. The average molecular weight is 353 g/mol. The number of halogens is 1. The van der Waals surface area contributed by atoms with E-state index in [1.165, 1.54) is 0 Å². The number of hydrogen-bond donors (Lipinski definition) is 2. The molecule has 0 fully saturated rings. The van der Waals surface area contributed by atoms with Gasteiger partial charge in [-0.05, 0) is 24.3 Å². The smallest absolute Gasteiger partial charge is 0.204 e. The topological polar surface area (TPSA) is 53.6 Å². The van der Waals surface area contributed by atoms with Crippen molar-refractivity contribution in [2.75, 3.05) is 5.32 Å². The molecular formula is C18H13ClN4S. The molecule has 0 aliphatic heterocycles. The van der Waals surface area contributed by atoms with Gasteiger partial charge in [0.15, 0.2) is 0 Å². The molecular weight excluding hydrogens is 340 g/mol. The van der Waals surface area contributed by atoms with Crippen LogP contribution >= 0.6 is 22.9 Å². The number of hydrogen-bond acceptors (Lipinski definition) is 4. The number of thiazole rings is 1. The third kappa shape index (κ3) is 3.18. The van der Waals surface area contributed by atoms with Gasteiger partial charge >= 0.3 is 0 Å². The highest BCUT2D eigenvalue weighted by molar-refractivity contribution is 7.13. The minimum Gasteiger partial charge on any atom is -0.331 e. The van der Waals surface area contributed by atoms with Crippen molar-refractivity contribution in [2.24, 2.45) is 0 Å². The minimum absolute atomic E-state index is 0.716. The van der Waals surface area contributed by atoms with Crippen LogP contribution in [0.25, 0.3) is 21.8 Å². The van der Waals surface area contributed by atoms with Crippen LogP contribution in [0.2, 0.25) is 5.02 Å². The molecule has 0 saturated heterocycles. The summed E-state index contributed by atoms with van der Waals surface area (Å²) in [5, 5.41) is 7.00. The van der Waals surface area contributed by atoms with E-state index in [1.807, 2.05) is 36.4 Å². The van der Waals surface area contributed by atoms with E-state index in [9.17, 15) is 0 Å². The first kappa shape index (κ1) is 14.9. The summed E-state index contributed by atoms with van der Waals surface area (Å²) >= 11 is 7.57. The second kappa shape index (κ2) is 6.47. The highest BCUT2D eigenvalue weighted by Gasteiger charge is 2.08. The molecule has 2 aromatic carbocycles. The molecule has 2 heterocycles. The standard InChI is InChI=1S/C18H13ClN4S/c19-14-6-4-12(5-7-14)16-11-24-17(23-16)13-2-1-3-15(10-13)22-18-20-8-9-21-18/h1-11H,(H2,20,21,22). The lowest BCUT2D eigenvalue weighted by atomic mass is 10.2. The van der Waals surface area contributed by atoms with Crippen LogP contribution in [0.1, 0.15) is 0 Å². The van der Waals surface area contributed by atoms with Gasteiger partial charge in [-0.3, -0.25) is 0 Å². The van der Waals surface area contributed by atoms with E-state index >= 15 is 0 Å². The van der Waals surface area contributed by atoms with Gasteiger partial charge in [0, 0.05) is 39.6 Å². The molecule has 0 bridgehead atoms. The molecule has 4 aromatic rings. The van der Waals surface area contributed by atoms with E-state index < -0.39 is 0 Å². The van der Waals surface area contributed by atoms with Crippen molar-refractivity contribution in [3.05, 3.63) is 71.3 Å². The first-order valence-corrected chi connectivity index (χ1v) is 8.62. The van der Waals surface area contributed by atoms with Gasteiger partial charge in [-0.1, -0.05) is 35.9 Å². The van der Waals surface area contributed by atoms with Crippen molar-refractivity contribution in [3.63, 3.8) is 0 Å². The monoisotopic (exact) mass is 352 g/mol. The lowest BCUT2D eigenvalue weighted by molar-refractivity contribution is 1.29. The molecule has 2 aromatic heterocycles. The molecule has 24 heavy (non-hydrogen) atoms. The van der Waals surface area contributed by atoms with Gasteiger partial charge in [0.1, 0.15) is 5.01 Å². The lowest BCUT2D eigenvalue weighted by Gasteiger charge is -2.04. The Morgan fingerprint density at radius 1 is 1.04 bits per heavy atom. The van der Waals surface area contributed by atoms with Crippen LogP contribution in [0.3, 0.4) is 0 Å². The molecule has 0 aliphatic rings. The predicted molar refractivity (Wildman–Crippen MR) is 99.9 cm³/mol. The van der Waals surface area contributed by atoms with E-state index in [-0.39, 0.29) is 0 Å². The number of aromatic amines is 1. The minimum atomic E-state index is 0.716. The van der Waals surface area contributed by atoms with Gasteiger partial charge < -0.3 is 10.3 Å². The maximum Gasteiger partial charge on any atom is 0.204 e. The number of anilines is 2. The number of benzene rings is 2. The molecule has 118 valence electrons. The number of aromatic nitrogens is 3. The van der Waals surface area contributed by atoms with Crippen molar-refractivity contribution in [1.82, 2.24) is 15.0 Å². The van der Waals surface area contributed by atoms with Gasteiger partial charge in [-0.25, -0.2) is 9.97 Å². The van der Waals surface area contributed by atoms with E-state index in [1.54, 1.807) is 23.7 Å². The quantitative estimate of drug-likeness (QED) is 0.502. The molecule has 2 N–H and O–H groups in total.